The molecule has 0 fully saturated rings. The highest BCUT2D eigenvalue weighted by atomic mass is 32.1. The monoisotopic (exact) mass is 321 g/mol. The van der Waals surface area contributed by atoms with Crippen LogP contribution in [0.2, 0.25) is 0 Å². The Morgan fingerprint density at radius 2 is 1.43 bits per heavy atom. The molecule has 0 atom stereocenters. The van der Waals surface area contributed by atoms with Crippen LogP contribution in [0.1, 0.15) is 33.3 Å². The van der Waals surface area contributed by atoms with E-state index in [1.807, 2.05) is 54.8 Å². The van der Waals surface area contributed by atoms with E-state index in [0.29, 0.717) is 0 Å². The maximum atomic E-state index is 12.8. The van der Waals surface area contributed by atoms with Crippen LogP contribution >= 0.6 is 11.3 Å². The molecule has 2 aromatic carbocycles. The van der Waals surface area contributed by atoms with Crippen LogP contribution in [0.3, 0.4) is 0 Å². The largest absolute Gasteiger partial charge is 0.338 e. The van der Waals surface area contributed by atoms with Crippen molar-refractivity contribution in [3.05, 3.63) is 93.7 Å². The van der Waals surface area contributed by atoms with Gasteiger partial charge in [-0.25, -0.2) is 0 Å². The van der Waals surface area contributed by atoms with Crippen LogP contribution in [0.4, 0.5) is 0 Å². The first-order valence-corrected chi connectivity index (χ1v) is 8.47. The van der Waals surface area contributed by atoms with Gasteiger partial charge < -0.3 is 5.32 Å². The zero-order valence-corrected chi connectivity index (χ0v) is 14.1. The Labute approximate surface area is 140 Å². The highest BCUT2D eigenvalue weighted by molar-refractivity contribution is 7.12. The highest BCUT2D eigenvalue weighted by Gasteiger charge is 2.31. The van der Waals surface area contributed by atoms with Crippen molar-refractivity contribution in [2.75, 3.05) is 0 Å². The third-order valence-electron chi connectivity index (χ3n) is 4.13. The van der Waals surface area contributed by atoms with E-state index >= 15 is 0 Å². The summed E-state index contributed by atoms with van der Waals surface area (Å²) in [5.41, 5.74) is 2.56. The summed E-state index contributed by atoms with van der Waals surface area (Å²) in [7, 11) is 0. The third kappa shape index (κ3) is 3.06. The summed E-state index contributed by atoms with van der Waals surface area (Å²) < 4.78 is 0. The number of nitrogens with one attached hydrogen (secondary N) is 1. The molecular formula is C20H19NOS. The number of aryl methyl sites for hydroxylation is 1. The molecule has 2 nitrogen and oxygen atoms in total. The van der Waals surface area contributed by atoms with Crippen LogP contribution < -0.4 is 5.32 Å². The highest BCUT2D eigenvalue weighted by Crippen LogP contribution is 2.30. The summed E-state index contributed by atoms with van der Waals surface area (Å²) in [6.07, 6.45) is 0. The Bertz CT molecular complexity index is 753. The van der Waals surface area contributed by atoms with Crippen molar-refractivity contribution in [1.82, 2.24) is 5.32 Å². The molecule has 1 aromatic heterocycles. The number of benzene rings is 2. The molecule has 0 radical (unpaired) electrons. The van der Waals surface area contributed by atoms with E-state index in [9.17, 15) is 4.79 Å². The van der Waals surface area contributed by atoms with Crippen LogP contribution in [0.15, 0.2) is 72.1 Å². The second-order valence-electron chi connectivity index (χ2n) is 5.74. The number of hydrogen-bond acceptors (Lipinski definition) is 2. The standard InChI is InChI=1S/C20H19NOS/c1-15-13-14-23-18(15)19(22)21-20(2,16-9-5-3-6-10-16)17-11-7-4-8-12-17/h3-14H,1-2H3,(H,21,22). The number of rotatable bonds is 4. The lowest BCUT2D eigenvalue weighted by molar-refractivity contribution is 0.0922. The van der Waals surface area contributed by atoms with Gasteiger partial charge in [-0.2, -0.15) is 0 Å². The van der Waals surface area contributed by atoms with E-state index in [2.05, 4.69) is 36.5 Å². The molecule has 3 aromatic rings. The van der Waals surface area contributed by atoms with Crippen LogP contribution in [0.5, 0.6) is 0 Å². The summed E-state index contributed by atoms with van der Waals surface area (Å²) in [4.78, 5) is 13.6. The second kappa shape index (κ2) is 6.39. The summed E-state index contributed by atoms with van der Waals surface area (Å²) in [6, 6.07) is 22.1. The van der Waals surface area contributed by atoms with E-state index in [0.717, 1.165) is 21.6 Å². The van der Waals surface area contributed by atoms with Gasteiger partial charge >= 0.3 is 0 Å². The van der Waals surface area contributed by atoms with Crippen molar-refractivity contribution in [3.63, 3.8) is 0 Å². The first kappa shape index (κ1) is 15.5. The zero-order chi connectivity index (χ0) is 16.3. The predicted molar refractivity (Wildman–Crippen MR) is 95.9 cm³/mol. The van der Waals surface area contributed by atoms with Crippen LogP contribution in [-0.4, -0.2) is 5.91 Å². The Morgan fingerprint density at radius 1 is 0.913 bits per heavy atom. The molecule has 3 rings (SSSR count). The molecule has 1 amide bonds. The molecule has 116 valence electrons. The van der Waals surface area contributed by atoms with E-state index in [4.69, 9.17) is 0 Å². The average molecular weight is 321 g/mol. The zero-order valence-electron chi connectivity index (χ0n) is 13.2. The Balaban J connectivity index is 2.03. The number of carbonyl (C=O) groups excluding carboxylic acids is 1. The Kier molecular flexibility index (Phi) is 4.30. The first-order valence-electron chi connectivity index (χ1n) is 7.59. The van der Waals surface area contributed by atoms with Gasteiger partial charge in [0.15, 0.2) is 0 Å². The average Bonchev–Trinajstić information content (AvgIpc) is 3.02. The molecule has 1 heterocycles. The van der Waals surface area contributed by atoms with Crippen molar-refractivity contribution < 1.29 is 4.79 Å². The maximum absolute atomic E-state index is 12.8. The van der Waals surface area contributed by atoms with E-state index < -0.39 is 5.54 Å². The minimum atomic E-state index is -0.573. The van der Waals surface area contributed by atoms with Gasteiger partial charge in [0.25, 0.3) is 5.91 Å². The van der Waals surface area contributed by atoms with E-state index in [1.165, 1.54) is 11.3 Å². The molecule has 0 saturated carbocycles. The molecule has 0 aliphatic heterocycles. The lowest BCUT2D eigenvalue weighted by Gasteiger charge is -2.32. The minimum Gasteiger partial charge on any atom is -0.338 e. The summed E-state index contributed by atoms with van der Waals surface area (Å²) in [6.45, 7) is 4.02. The Morgan fingerprint density at radius 3 is 1.87 bits per heavy atom. The molecule has 0 saturated heterocycles. The lowest BCUT2D eigenvalue weighted by Crippen LogP contribution is -2.44. The molecule has 3 heteroatoms. The fourth-order valence-corrected chi connectivity index (χ4v) is 3.56. The molecule has 0 bridgehead atoms. The van der Waals surface area contributed by atoms with Crippen molar-refractivity contribution >= 4 is 17.2 Å². The van der Waals surface area contributed by atoms with Crippen molar-refractivity contribution in [1.29, 1.82) is 0 Å². The number of carbonyl (C=O) groups is 1. The molecular weight excluding hydrogens is 302 g/mol. The second-order valence-corrected chi connectivity index (χ2v) is 6.66. The van der Waals surface area contributed by atoms with E-state index in [1.54, 1.807) is 0 Å². The minimum absolute atomic E-state index is 0.0345. The number of hydrogen-bond donors (Lipinski definition) is 1. The van der Waals surface area contributed by atoms with Gasteiger partial charge in [0.2, 0.25) is 0 Å². The van der Waals surface area contributed by atoms with Crippen LogP contribution in [0, 0.1) is 6.92 Å². The molecule has 1 N–H and O–H groups in total. The summed E-state index contributed by atoms with van der Waals surface area (Å²) >= 11 is 1.48. The summed E-state index contributed by atoms with van der Waals surface area (Å²) in [5, 5.41) is 5.19. The molecule has 0 spiro atoms. The molecule has 0 aliphatic carbocycles. The lowest BCUT2D eigenvalue weighted by atomic mass is 9.84. The Hall–Kier alpha value is -2.39. The van der Waals surface area contributed by atoms with Crippen molar-refractivity contribution in [2.45, 2.75) is 19.4 Å². The third-order valence-corrected chi connectivity index (χ3v) is 5.15. The van der Waals surface area contributed by atoms with Gasteiger partial charge in [-0.1, -0.05) is 60.7 Å². The van der Waals surface area contributed by atoms with Gasteiger partial charge in [-0.15, -0.1) is 11.3 Å². The molecule has 0 unspecified atom stereocenters. The quantitative estimate of drug-likeness (QED) is 0.738. The molecule has 0 aliphatic rings. The fraction of sp³-hybridized carbons (Fsp3) is 0.150. The SMILES string of the molecule is Cc1ccsc1C(=O)NC(C)(c1ccccc1)c1ccccc1. The van der Waals surface area contributed by atoms with Gasteiger partial charge in [-0.05, 0) is 42.0 Å². The number of thiophene rings is 1. The molecule has 23 heavy (non-hydrogen) atoms. The maximum Gasteiger partial charge on any atom is 0.262 e. The normalized spacial score (nSPS) is 11.2. The predicted octanol–water partition coefficient (Wildman–Crippen LogP) is 4.75. The van der Waals surface area contributed by atoms with Gasteiger partial charge in [0.1, 0.15) is 0 Å². The first-order chi connectivity index (χ1) is 11.1. The van der Waals surface area contributed by atoms with Gasteiger partial charge in [0, 0.05) is 0 Å². The summed E-state index contributed by atoms with van der Waals surface area (Å²) in [5.74, 6) is -0.0345. The number of amides is 1. The van der Waals surface area contributed by atoms with Crippen molar-refractivity contribution in [2.24, 2.45) is 0 Å². The topological polar surface area (TPSA) is 29.1 Å². The van der Waals surface area contributed by atoms with Gasteiger partial charge in [-0.3, -0.25) is 4.79 Å². The fourth-order valence-electron chi connectivity index (χ4n) is 2.74. The van der Waals surface area contributed by atoms with Gasteiger partial charge in [0.05, 0.1) is 10.4 Å². The van der Waals surface area contributed by atoms with E-state index in [-0.39, 0.29) is 5.91 Å². The van der Waals surface area contributed by atoms with Crippen molar-refractivity contribution in [3.8, 4) is 0 Å². The van der Waals surface area contributed by atoms with Crippen LogP contribution in [0.25, 0.3) is 0 Å². The van der Waals surface area contributed by atoms with Crippen LogP contribution in [-0.2, 0) is 5.54 Å². The smallest absolute Gasteiger partial charge is 0.262 e.